The lowest BCUT2D eigenvalue weighted by molar-refractivity contribution is 0.0956. The minimum atomic E-state index is -0.00706. The summed E-state index contributed by atoms with van der Waals surface area (Å²) in [6.07, 6.45) is 1.14. The van der Waals surface area contributed by atoms with Crippen LogP contribution in [0.5, 0.6) is 0 Å². The first-order chi connectivity index (χ1) is 8.93. The Morgan fingerprint density at radius 3 is 2.47 bits per heavy atom. The Balaban J connectivity index is 2.74. The summed E-state index contributed by atoms with van der Waals surface area (Å²) >= 11 is 0. The molecule has 3 nitrogen and oxygen atoms in total. The van der Waals surface area contributed by atoms with Crippen LogP contribution in [0.15, 0.2) is 18.2 Å². The zero-order valence-electron chi connectivity index (χ0n) is 12.7. The normalized spacial score (nSPS) is 12.3. The van der Waals surface area contributed by atoms with Crippen LogP contribution in [-0.2, 0) is 0 Å². The van der Waals surface area contributed by atoms with Gasteiger partial charge in [-0.3, -0.25) is 4.79 Å². The Hall–Kier alpha value is -1.51. The third-order valence-corrected chi connectivity index (χ3v) is 3.05. The second kappa shape index (κ2) is 7.17. The van der Waals surface area contributed by atoms with E-state index >= 15 is 0 Å². The van der Waals surface area contributed by atoms with Crippen LogP contribution in [-0.4, -0.2) is 18.5 Å². The quantitative estimate of drug-likeness (QED) is 0.822. The molecule has 0 aliphatic carbocycles. The lowest BCUT2D eigenvalue weighted by Gasteiger charge is -2.19. The molecular formula is C16H26N2O. The van der Waals surface area contributed by atoms with Gasteiger partial charge in [0.1, 0.15) is 0 Å². The van der Waals surface area contributed by atoms with Crippen LogP contribution >= 0.6 is 0 Å². The van der Waals surface area contributed by atoms with Crippen LogP contribution in [0.25, 0.3) is 0 Å². The van der Waals surface area contributed by atoms with E-state index in [1.165, 1.54) is 0 Å². The van der Waals surface area contributed by atoms with Gasteiger partial charge in [-0.25, -0.2) is 0 Å². The van der Waals surface area contributed by atoms with E-state index in [0.29, 0.717) is 18.5 Å². The topological polar surface area (TPSA) is 41.1 Å². The zero-order valence-corrected chi connectivity index (χ0v) is 12.7. The number of benzene rings is 1. The van der Waals surface area contributed by atoms with Gasteiger partial charge in [0.15, 0.2) is 0 Å². The van der Waals surface area contributed by atoms with E-state index in [9.17, 15) is 4.79 Å². The summed E-state index contributed by atoms with van der Waals surface area (Å²) in [6.45, 7) is 11.3. The first kappa shape index (κ1) is 15.5. The molecule has 0 spiro atoms. The third-order valence-electron chi connectivity index (χ3n) is 3.05. The van der Waals surface area contributed by atoms with Crippen molar-refractivity contribution in [1.29, 1.82) is 0 Å². The standard InChI is InChI=1S/C16H26N2O/c1-6-17-16(19)14-7-8-15(12(4)10-14)18-13(5)9-11(2)3/h7-8,10-11,13,18H,6,9H2,1-5H3,(H,17,19). The van der Waals surface area contributed by atoms with Gasteiger partial charge in [0.25, 0.3) is 5.91 Å². The summed E-state index contributed by atoms with van der Waals surface area (Å²) in [6, 6.07) is 6.25. The minimum absolute atomic E-state index is 0.00706. The van der Waals surface area contributed by atoms with Gasteiger partial charge in [-0.1, -0.05) is 13.8 Å². The monoisotopic (exact) mass is 262 g/mol. The Morgan fingerprint density at radius 1 is 1.26 bits per heavy atom. The molecule has 0 saturated heterocycles. The third kappa shape index (κ3) is 4.93. The second-order valence-corrected chi connectivity index (χ2v) is 5.56. The van der Waals surface area contributed by atoms with Gasteiger partial charge >= 0.3 is 0 Å². The van der Waals surface area contributed by atoms with Gasteiger partial charge in [0.2, 0.25) is 0 Å². The summed E-state index contributed by atoms with van der Waals surface area (Å²) < 4.78 is 0. The van der Waals surface area contributed by atoms with Gasteiger partial charge in [-0.15, -0.1) is 0 Å². The number of amides is 1. The molecule has 19 heavy (non-hydrogen) atoms. The number of hydrogen-bond acceptors (Lipinski definition) is 2. The van der Waals surface area contributed by atoms with Crippen molar-refractivity contribution in [3.63, 3.8) is 0 Å². The molecule has 3 heteroatoms. The van der Waals surface area contributed by atoms with Crippen molar-refractivity contribution < 1.29 is 4.79 Å². The average molecular weight is 262 g/mol. The van der Waals surface area contributed by atoms with Gasteiger partial charge in [0, 0.05) is 23.8 Å². The maximum Gasteiger partial charge on any atom is 0.251 e. The van der Waals surface area contributed by atoms with Crippen LogP contribution in [0.2, 0.25) is 0 Å². The molecule has 0 bridgehead atoms. The number of rotatable bonds is 6. The first-order valence-corrected chi connectivity index (χ1v) is 7.09. The molecule has 1 atom stereocenters. The maximum atomic E-state index is 11.7. The summed E-state index contributed by atoms with van der Waals surface area (Å²) in [5.41, 5.74) is 2.95. The lowest BCUT2D eigenvalue weighted by atomic mass is 10.0. The summed E-state index contributed by atoms with van der Waals surface area (Å²) in [5.74, 6) is 0.671. The van der Waals surface area contributed by atoms with Crippen LogP contribution in [0.3, 0.4) is 0 Å². The number of hydrogen-bond donors (Lipinski definition) is 2. The highest BCUT2D eigenvalue weighted by molar-refractivity contribution is 5.94. The van der Waals surface area contributed by atoms with Crippen molar-refractivity contribution >= 4 is 11.6 Å². The second-order valence-electron chi connectivity index (χ2n) is 5.56. The number of carbonyl (C=O) groups excluding carboxylic acids is 1. The Kier molecular flexibility index (Phi) is 5.87. The molecule has 1 unspecified atom stereocenters. The SMILES string of the molecule is CCNC(=O)c1ccc(NC(C)CC(C)C)c(C)c1. The van der Waals surface area contributed by atoms with Crippen molar-refractivity contribution in [3.05, 3.63) is 29.3 Å². The Labute approximate surface area is 116 Å². The molecule has 0 aliphatic rings. The smallest absolute Gasteiger partial charge is 0.251 e. The van der Waals surface area contributed by atoms with E-state index in [4.69, 9.17) is 0 Å². The van der Waals surface area contributed by atoms with E-state index in [0.717, 1.165) is 23.2 Å². The number of anilines is 1. The molecule has 2 N–H and O–H groups in total. The predicted octanol–water partition coefficient (Wildman–Crippen LogP) is 3.59. The number of carbonyl (C=O) groups is 1. The zero-order chi connectivity index (χ0) is 14.4. The highest BCUT2D eigenvalue weighted by Crippen LogP contribution is 2.19. The fraction of sp³-hybridized carbons (Fsp3) is 0.562. The molecule has 0 saturated carbocycles. The van der Waals surface area contributed by atoms with Gasteiger partial charge in [-0.2, -0.15) is 0 Å². The van der Waals surface area contributed by atoms with Crippen molar-refractivity contribution in [1.82, 2.24) is 5.32 Å². The number of nitrogens with one attached hydrogen (secondary N) is 2. The molecule has 0 aliphatic heterocycles. The van der Waals surface area contributed by atoms with E-state index in [1.54, 1.807) is 0 Å². The average Bonchev–Trinajstić information content (AvgIpc) is 2.31. The van der Waals surface area contributed by atoms with Gasteiger partial charge < -0.3 is 10.6 Å². The summed E-state index contributed by atoms with van der Waals surface area (Å²) in [4.78, 5) is 11.7. The molecular weight excluding hydrogens is 236 g/mol. The highest BCUT2D eigenvalue weighted by atomic mass is 16.1. The Morgan fingerprint density at radius 2 is 1.95 bits per heavy atom. The van der Waals surface area contributed by atoms with E-state index in [-0.39, 0.29) is 5.91 Å². The molecule has 1 aromatic rings. The molecule has 1 amide bonds. The molecule has 1 rings (SSSR count). The van der Waals surface area contributed by atoms with Crippen molar-refractivity contribution in [2.45, 2.75) is 47.1 Å². The van der Waals surface area contributed by atoms with E-state index < -0.39 is 0 Å². The van der Waals surface area contributed by atoms with E-state index in [2.05, 4.69) is 31.4 Å². The maximum absolute atomic E-state index is 11.7. The highest BCUT2D eigenvalue weighted by Gasteiger charge is 2.09. The van der Waals surface area contributed by atoms with Crippen LogP contribution in [0.4, 0.5) is 5.69 Å². The van der Waals surface area contributed by atoms with Crippen molar-refractivity contribution in [2.24, 2.45) is 5.92 Å². The fourth-order valence-electron chi connectivity index (χ4n) is 2.26. The largest absolute Gasteiger partial charge is 0.382 e. The van der Waals surface area contributed by atoms with Crippen LogP contribution in [0.1, 0.15) is 50.0 Å². The van der Waals surface area contributed by atoms with Crippen LogP contribution in [0, 0.1) is 12.8 Å². The fourth-order valence-corrected chi connectivity index (χ4v) is 2.26. The summed E-state index contributed by atoms with van der Waals surface area (Å²) in [7, 11) is 0. The predicted molar refractivity (Wildman–Crippen MR) is 81.7 cm³/mol. The summed E-state index contributed by atoms with van der Waals surface area (Å²) in [5, 5.41) is 6.32. The van der Waals surface area contributed by atoms with Crippen LogP contribution < -0.4 is 10.6 Å². The van der Waals surface area contributed by atoms with Gasteiger partial charge in [-0.05, 0) is 56.9 Å². The molecule has 0 fully saturated rings. The first-order valence-electron chi connectivity index (χ1n) is 7.09. The van der Waals surface area contributed by atoms with Crippen molar-refractivity contribution in [2.75, 3.05) is 11.9 Å². The van der Waals surface area contributed by atoms with E-state index in [1.807, 2.05) is 32.0 Å². The Bertz CT molecular complexity index is 427. The molecule has 1 aromatic carbocycles. The molecule has 106 valence electrons. The number of aryl methyl sites for hydroxylation is 1. The van der Waals surface area contributed by atoms with Gasteiger partial charge in [0.05, 0.1) is 0 Å². The minimum Gasteiger partial charge on any atom is -0.382 e. The van der Waals surface area contributed by atoms with Crippen molar-refractivity contribution in [3.8, 4) is 0 Å². The molecule has 0 radical (unpaired) electrons. The lowest BCUT2D eigenvalue weighted by Crippen LogP contribution is -2.23. The molecule has 0 aromatic heterocycles. The molecule has 0 heterocycles.